The number of benzene rings is 1. The van der Waals surface area contributed by atoms with Gasteiger partial charge in [0.15, 0.2) is 0 Å². The van der Waals surface area contributed by atoms with Crippen LogP contribution in [0.3, 0.4) is 0 Å². The summed E-state index contributed by atoms with van der Waals surface area (Å²) in [5.74, 6) is 0.444. The van der Waals surface area contributed by atoms with Gasteiger partial charge in [0.05, 0.1) is 4.90 Å². The maximum atomic E-state index is 12.7. The highest BCUT2D eigenvalue weighted by atomic mass is 32.2. The van der Waals surface area contributed by atoms with E-state index in [1.165, 1.54) is 10.4 Å². The van der Waals surface area contributed by atoms with Crippen LogP contribution in [0.1, 0.15) is 43.0 Å². The monoisotopic (exact) mass is 336 g/mol. The first-order chi connectivity index (χ1) is 11.0. The van der Waals surface area contributed by atoms with Gasteiger partial charge in [-0.2, -0.15) is 4.31 Å². The highest BCUT2D eigenvalue weighted by Gasteiger charge is 2.28. The van der Waals surface area contributed by atoms with Crippen LogP contribution in [-0.2, 0) is 10.0 Å². The fraction of sp³-hybridized carbons (Fsp3) is 0.588. The normalized spacial score (nSPS) is 23.2. The molecule has 0 bridgehead atoms. The van der Waals surface area contributed by atoms with Crippen molar-refractivity contribution in [1.29, 1.82) is 0 Å². The van der Waals surface area contributed by atoms with Gasteiger partial charge >= 0.3 is 0 Å². The molecule has 2 aliphatic heterocycles. The lowest BCUT2D eigenvalue weighted by molar-refractivity contribution is 0.0683. The number of rotatable bonds is 3. The van der Waals surface area contributed by atoms with Crippen molar-refractivity contribution in [3.8, 4) is 0 Å². The number of nitrogens with zero attached hydrogens (tertiary/aromatic N) is 2. The Balaban J connectivity index is 1.83. The van der Waals surface area contributed by atoms with Gasteiger partial charge in [0.2, 0.25) is 10.0 Å². The molecular formula is C17H24N2O3S. The van der Waals surface area contributed by atoms with E-state index in [4.69, 9.17) is 0 Å². The summed E-state index contributed by atoms with van der Waals surface area (Å²) in [6.45, 7) is 4.80. The molecule has 2 fully saturated rings. The lowest BCUT2D eigenvalue weighted by Gasteiger charge is -2.31. The van der Waals surface area contributed by atoms with E-state index in [-0.39, 0.29) is 10.8 Å². The SMILES string of the molecule is C[C@@H]1CCCN(C(=O)c2cccc(S(=O)(=O)N3CCCC3)c2)C1. The minimum atomic E-state index is -3.47. The second-order valence-corrected chi connectivity index (χ2v) is 8.58. The Hall–Kier alpha value is -1.40. The van der Waals surface area contributed by atoms with Crippen LogP contribution in [0, 0.1) is 5.92 Å². The van der Waals surface area contributed by atoms with Crippen molar-refractivity contribution in [1.82, 2.24) is 9.21 Å². The molecule has 0 unspecified atom stereocenters. The van der Waals surface area contributed by atoms with E-state index in [2.05, 4.69) is 6.92 Å². The smallest absolute Gasteiger partial charge is 0.253 e. The standard InChI is InChI=1S/C17H24N2O3S/c1-14-6-5-9-18(13-14)17(20)15-7-4-8-16(12-15)23(21,22)19-10-2-3-11-19/h4,7-8,12,14H,2-3,5-6,9-11,13H2,1H3/t14-/m1/s1. The molecule has 2 saturated heterocycles. The number of amides is 1. The first-order valence-electron chi connectivity index (χ1n) is 8.38. The van der Waals surface area contributed by atoms with E-state index < -0.39 is 10.0 Å². The van der Waals surface area contributed by atoms with Crippen LogP contribution < -0.4 is 0 Å². The average molecular weight is 336 g/mol. The van der Waals surface area contributed by atoms with Gasteiger partial charge in [-0.15, -0.1) is 0 Å². The molecule has 0 saturated carbocycles. The quantitative estimate of drug-likeness (QED) is 0.851. The molecule has 2 heterocycles. The molecular weight excluding hydrogens is 312 g/mol. The Labute approximate surface area is 138 Å². The van der Waals surface area contributed by atoms with Crippen LogP contribution >= 0.6 is 0 Å². The fourth-order valence-corrected chi connectivity index (χ4v) is 4.99. The van der Waals surface area contributed by atoms with Crippen molar-refractivity contribution in [3.05, 3.63) is 29.8 Å². The van der Waals surface area contributed by atoms with E-state index in [0.717, 1.165) is 38.8 Å². The molecule has 1 amide bonds. The number of carbonyl (C=O) groups is 1. The lowest BCUT2D eigenvalue weighted by Crippen LogP contribution is -2.39. The zero-order valence-corrected chi connectivity index (χ0v) is 14.4. The van der Waals surface area contributed by atoms with E-state index in [1.54, 1.807) is 18.2 Å². The molecule has 2 aliphatic rings. The van der Waals surface area contributed by atoms with Crippen molar-refractivity contribution >= 4 is 15.9 Å². The van der Waals surface area contributed by atoms with Crippen LogP contribution in [0.25, 0.3) is 0 Å². The summed E-state index contributed by atoms with van der Waals surface area (Å²) in [5.41, 5.74) is 0.472. The molecule has 126 valence electrons. The molecule has 1 aromatic carbocycles. The number of hydrogen-bond acceptors (Lipinski definition) is 3. The van der Waals surface area contributed by atoms with Gasteiger partial charge in [-0.25, -0.2) is 8.42 Å². The van der Waals surface area contributed by atoms with Gasteiger partial charge in [0, 0.05) is 31.7 Å². The van der Waals surface area contributed by atoms with E-state index in [9.17, 15) is 13.2 Å². The van der Waals surface area contributed by atoms with Gasteiger partial charge in [-0.05, 0) is 49.8 Å². The third-order valence-electron chi connectivity index (χ3n) is 4.73. The van der Waals surface area contributed by atoms with Gasteiger partial charge in [-0.3, -0.25) is 4.79 Å². The van der Waals surface area contributed by atoms with Crippen LogP contribution in [0.4, 0.5) is 0 Å². The molecule has 0 aliphatic carbocycles. The summed E-state index contributed by atoms with van der Waals surface area (Å²) >= 11 is 0. The number of piperidine rings is 1. The second-order valence-electron chi connectivity index (χ2n) is 6.64. The molecule has 23 heavy (non-hydrogen) atoms. The predicted octanol–water partition coefficient (Wildman–Crippen LogP) is 2.34. The molecule has 1 atom stereocenters. The minimum absolute atomic E-state index is 0.0602. The number of likely N-dealkylation sites (tertiary alicyclic amines) is 1. The first-order valence-corrected chi connectivity index (χ1v) is 9.82. The molecule has 3 rings (SSSR count). The summed E-state index contributed by atoms with van der Waals surface area (Å²) in [5, 5.41) is 0. The highest BCUT2D eigenvalue weighted by Crippen LogP contribution is 2.23. The summed E-state index contributed by atoms with van der Waals surface area (Å²) in [6, 6.07) is 6.51. The number of hydrogen-bond donors (Lipinski definition) is 0. The van der Waals surface area contributed by atoms with Crippen molar-refractivity contribution in [2.24, 2.45) is 5.92 Å². The summed E-state index contributed by atoms with van der Waals surface area (Å²) < 4.78 is 26.8. The average Bonchev–Trinajstić information content (AvgIpc) is 3.09. The largest absolute Gasteiger partial charge is 0.338 e. The third-order valence-corrected chi connectivity index (χ3v) is 6.62. The number of carbonyl (C=O) groups excluding carboxylic acids is 1. The van der Waals surface area contributed by atoms with Crippen LogP contribution in [0.2, 0.25) is 0 Å². The molecule has 5 nitrogen and oxygen atoms in total. The molecule has 0 N–H and O–H groups in total. The summed E-state index contributed by atoms with van der Waals surface area (Å²) in [4.78, 5) is 14.7. The lowest BCUT2D eigenvalue weighted by atomic mass is 9.99. The molecule has 1 aromatic rings. The van der Waals surface area contributed by atoms with Crippen molar-refractivity contribution in [3.63, 3.8) is 0 Å². The van der Waals surface area contributed by atoms with Gasteiger partial charge in [-0.1, -0.05) is 13.0 Å². The predicted molar refractivity (Wildman–Crippen MR) is 88.7 cm³/mol. The molecule has 0 aromatic heterocycles. The minimum Gasteiger partial charge on any atom is -0.338 e. The Morgan fingerprint density at radius 2 is 1.87 bits per heavy atom. The molecule has 0 radical (unpaired) electrons. The Kier molecular flexibility index (Phi) is 4.73. The maximum absolute atomic E-state index is 12.7. The maximum Gasteiger partial charge on any atom is 0.253 e. The topological polar surface area (TPSA) is 57.7 Å². The zero-order chi connectivity index (χ0) is 16.4. The van der Waals surface area contributed by atoms with E-state index >= 15 is 0 Å². The summed E-state index contributed by atoms with van der Waals surface area (Å²) in [7, 11) is -3.47. The Bertz CT molecular complexity index is 681. The van der Waals surface area contributed by atoms with Crippen molar-refractivity contribution in [2.45, 2.75) is 37.5 Å². The molecule has 0 spiro atoms. The van der Waals surface area contributed by atoms with E-state index in [0.29, 0.717) is 24.6 Å². The fourth-order valence-electron chi connectivity index (χ4n) is 3.42. The Morgan fingerprint density at radius 1 is 1.13 bits per heavy atom. The van der Waals surface area contributed by atoms with Gasteiger partial charge < -0.3 is 4.90 Å². The highest BCUT2D eigenvalue weighted by molar-refractivity contribution is 7.89. The summed E-state index contributed by atoms with van der Waals surface area (Å²) in [6.07, 6.45) is 3.97. The van der Waals surface area contributed by atoms with E-state index in [1.807, 2.05) is 4.90 Å². The van der Waals surface area contributed by atoms with Gasteiger partial charge in [0.25, 0.3) is 5.91 Å². The van der Waals surface area contributed by atoms with Crippen molar-refractivity contribution < 1.29 is 13.2 Å². The van der Waals surface area contributed by atoms with Crippen molar-refractivity contribution in [2.75, 3.05) is 26.2 Å². The zero-order valence-electron chi connectivity index (χ0n) is 13.6. The van der Waals surface area contributed by atoms with Crippen LogP contribution in [0.15, 0.2) is 29.2 Å². The van der Waals surface area contributed by atoms with Crippen LogP contribution in [0.5, 0.6) is 0 Å². The second kappa shape index (κ2) is 6.61. The molecule has 6 heteroatoms. The Morgan fingerprint density at radius 3 is 2.57 bits per heavy atom. The van der Waals surface area contributed by atoms with Crippen LogP contribution in [-0.4, -0.2) is 49.7 Å². The van der Waals surface area contributed by atoms with Gasteiger partial charge in [0.1, 0.15) is 0 Å². The number of sulfonamides is 1. The third kappa shape index (κ3) is 3.43. The first kappa shape index (κ1) is 16.5.